The Morgan fingerprint density at radius 3 is 2.55 bits per heavy atom. The molecule has 3 aromatic rings. The van der Waals surface area contributed by atoms with E-state index in [2.05, 4.69) is 10.3 Å². The SMILES string of the molecule is Clc1ccc(NCc2ccc(Cl)c3cccnc23)cc1. The number of hydrogen-bond acceptors (Lipinski definition) is 2. The van der Waals surface area contributed by atoms with Gasteiger partial charge in [-0.3, -0.25) is 4.98 Å². The molecule has 1 N–H and O–H groups in total. The highest BCUT2D eigenvalue weighted by Gasteiger charge is 2.05. The first-order valence-electron chi connectivity index (χ1n) is 6.25. The zero-order valence-corrected chi connectivity index (χ0v) is 12.1. The summed E-state index contributed by atoms with van der Waals surface area (Å²) in [5.41, 5.74) is 3.06. The van der Waals surface area contributed by atoms with Crippen LogP contribution in [0.1, 0.15) is 5.56 Å². The normalized spacial score (nSPS) is 10.7. The summed E-state index contributed by atoms with van der Waals surface area (Å²) < 4.78 is 0. The minimum absolute atomic E-state index is 0.687. The lowest BCUT2D eigenvalue weighted by Crippen LogP contribution is -2.00. The third-order valence-corrected chi connectivity index (χ3v) is 3.71. The fraction of sp³-hybridized carbons (Fsp3) is 0.0625. The standard InChI is InChI=1S/C16H12Cl2N2/c17-12-4-6-13(7-5-12)20-10-11-3-8-15(18)14-2-1-9-19-16(11)14/h1-9,20H,10H2. The van der Waals surface area contributed by atoms with Gasteiger partial charge in [-0.2, -0.15) is 0 Å². The molecule has 0 bridgehead atoms. The zero-order valence-electron chi connectivity index (χ0n) is 10.6. The number of aromatic nitrogens is 1. The van der Waals surface area contributed by atoms with Crippen LogP contribution in [0, 0.1) is 0 Å². The lowest BCUT2D eigenvalue weighted by Gasteiger charge is -2.09. The summed E-state index contributed by atoms with van der Waals surface area (Å²) in [5, 5.41) is 5.79. The maximum atomic E-state index is 6.19. The number of benzene rings is 2. The molecule has 1 heterocycles. The second-order valence-corrected chi connectivity index (χ2v) is 5.31. The molecule has 2 nitrogen and oxygen atoms in total. The molecule has 0 spiro atoms. The minimum Gasteiger partial charge on any atom is -0.381 e. The van der Waals surface area contributed by atoms with Gasteiger partial charge >= 0.3 is 0 Å². The van der Waals surface area contributed by atoms with Crippen LogP contribution in [0.4, 0.5) is 5.69 Å². The van der Waals surface area contributed by atoms with Gasteiger partial charge in [-0.05, 0) is 48.0 Å². The fourth-order valence-corrected chi connectivity index (χ4v) is 2.45. The lowest BCUT2D eigenvalue weighted by molar-refractivity contribution is 1.15. The highest BCUT2D eigenvalue weighted by Crippen LogP contribution is 2.25. The minimum atomic E-state index is 0.687. The van der Waals surface area contributed by atoms with Crippen LogP contribution in [0.15, 0.2) is 54.7 Å². The van der Waals surface area contributed by atoms with E-state index < -0.39 is 0 Å². The van der Waals surface area contributed by atoms with Crippen LogP contribution in [0.25, 0.3) is 10.9 Å². The van der Waals surface area contributed by atoms with Crippen LogP contribution >= 0.6 is 23.2 Å². The first-order valence-corrected chi connectivity index (χ1v) is 7.01. The molecule has 0 amide bonds. The van der Waals surface area contributed by atoms with Crippen LogP contribution in [-0.2, 0) is 6.54 Å². The molecule has 3 rings (SSSR count). The fourth-order valence-electron chi connectivity index (χ4n) is 2.10. The van der Waals surface area contributed by atoms with Crippen molar-refractivity contribution in [2.45, 2.75) is 6.54 Å². The number of pyridine rings is 1. The van der Waals surface area contributed by atoms with Gasteiger partial charge < -0.3 is 5.32 Å². The smallest absolute Gasteiger partial charge is 0.0766 e. The predicted octanol–water partition coefficient (Wildman–Crippen LogP) is 5.15. The van der Waals surface area contributed by atoms with Gasteiger partial charge in [0.25, 0.3) is 0 Å². The average Bonchev–Trinajstić information content (AvgIpc) is 2.49. The number of rotatable bonds is 3. The highest BCUT2D eigenvalue weighted by molar-refractivity contribution is 6.35. The predicted molar refractivity (Wildman–Crippen MR) is 85.5 cm³/mol. The molecule has 0 saturated heterocycles. The first-order chi connectivity index (χ1) is 9.74. The number of hydrogen-bond donors (Lipinski definition) is 1. The van der Waals surface area contributed by atoms with Gasteiger partial charge in [0, 0.05) is 33.9 Å². The molecule has 1 aromatic heterocycles. The number of halogens is 2. The maximum absolute atomic E-state index is 6.19. The van der Waals surface area contributed by atoms with Gasteiger partial charge in [-0.25, -0.2) is 0 Å². The van der Waals surface area contributed by atoms with Gasteiger partial charge in [0.1, 0.15) is 0 Å². The Bertz CT molecular complexity index is 739. The third-order valence-electron chi connectivity index (χ3n) is 3.13. The molecule has 4 heteroatoms. The van der Waals surface area contributed by atoms with Crippen molar-refractivity contribution in [1.82, 2.24) is 4.98 Å². The van der Waals surface area contributed by atoms with E-state index >= 15 is 0 Å². The summed E-state index contributed by atoms with van der Waals surface area (Å²) in [5.74, 6) is 0. The lowest BCUT2D eigenvalue weighted by atomic mass is 10.1. The Kier molecular flexibility index (Phi) is 3.77. The summed E-state index contributed by atoms with van der Waals surface area (Å²) in [4.78, 5) is 4.42. The molecule has 0 saturated carbocycles. The first kappa shape index (κ1) is 13.2. The Labute approximate surface area is 127 Å². The molecular formula is C16H12Cl2N2. The molecule has 0 aliphatic carbocycles. The second kappa shape index (κ2) is 5.70. The second-order valence-electron chi connectivity index (χ2n) is 4.47. The molecule has 0 unspecified atom stereocenters. The molecule has 2 aromatic carbocycles. The summed E-state index contributed by atoms with van der Waals surface area (Å²) in [7, 11) is 0. The monoisotopic (exact) mass is 302 g/mol. The van der Waals surface area contributed by atoms with E-state index in [4.69, 9.17) is 23.2 Å². The molecule has 0 aliphatic heterocycles. The topological polar surface area (TPSA) is 24.9 Å². The average molecular weight is 303 g/mol. The Balaban J connectivity index is 1.88. The van der Waals surface area contributed by atoms with Crippen molar-refractivity contribution in [2.24, 2.45) is 0 Å². The van der Waals surface area contributed by atoms with Crippen LogP contribution < -0.4 is 5.32 Å². The summed E-state index contributed by atoms with van der Waals surface area (Å²) in [6.07, 6.45) is 1.78. The van der Waals surface area contributed by atoms with E-state index in [9.17, 15) is 0 Å². The van der Waals surface area contributed by atoms with Crippen molar-refractivity contribution in [3.8, 4) is 0 Å². The Hall–Kier alpha value is -1.77. The van der Waals surface area contributed by atoms with Crippen molar-refractivity contribution in [3.63, 3.8) is 0 Å². The number of fused-ring (bicyclic) bond motifs is 1. The molecular weight excluding hydrogens is 291 g/mol. The van der Waals surface area contributed by atoms with E-state index in [1.165, 1.54) is 0 Å². The van der Waals surface area contributed by atoms with Gasteiger partial charge in [-0.15, -0.1) is 0 Å². The van der Waals surface area contributed by atoms with Crippen molar-refractivity contribution < 1.29 is 0 Å². The van der Waals surface area contributed by atoms with E-state index in [0.29, 0.717) is 6.54 Å². The summed E-state index contributed by atoms with van der Waals surface area (Å²) >= 11 is 12.1. The summed E-state index contributed by atoms with van der Waals surface area (Å²) in [6, 6.07) is 15.4. The van der Waals surface area contributed by atoms with Gasteiger partial charge in [0.05, 0.1) is 5.52 Å². The quantitative estimate of drug-likeness (QED) is 0.723. The third kappa shape index (κ3) is 2.72. The van der Waals surface area contributed by atoms with Gasteiger partial charge in [0.15, 0.2) is 0 Å². The van der Waals surface area contributed by atoms with Crippen molar-refractivity contribution >= 4 is 39.8 Å². The summed E-state index contributed by atoms with van der Waals surface area (Å²) in [6.45, 7) is 0.687. The van der Waals surface area contributed by atoms with Crippen molar-refractivity contribution in [3.05, 3.63) is 70.3 Å². The molecule has 20 heavy (non-hydrogen) atoms. The molecule has 0 fully saturated rings. The van der Waals surface area contributed by atoms with E-state index in [0.717, 1.165) is 32.2 Å². The van der Waals surface area contributed by atoms with Crippen molar-refractivity contribution in [2.75, 3.05) is 5.32 Å². The highest BCUT2D eigenvalue weighted by atomic mass is 35.5. The Morgan fingerprint density at radius 2 is 1.75 bits per heavy atom. The maximum Gasteiger partial charge on any atom is 0.0766 e. The molecule has 0 radical (unpaired) electrons. The van der Waals surface area contributed by atoms with Gasteiger partial charge in [-0.1, -0.05) is 29.3 Å². The van der Waals surface area contributed by atoms with Gasteiger partial charge in [0.2, 0.25) is 0 Å². The largest absolute Gasteiger partial charge is 0.381 e. The molecule has 100 valence electrons. The zero-order chi connectivity index (χ0) is 13.9. The van der Waals surface area contributed by atoms with Crippen molar-refractivity contribution in [1.29, 1.82) is 0 Å². The van der Waals surface area contributed by atoms with Crippen LogP contribution in [0.3, 0.4) is 0 Å². The molecule has 0 atom stereocenters. The number of anilines is 1. The van der Waals surface area contributed by atoms with Crippen LogP contribution in [-0.4, -0.2) is 4.98 Å². The number of nitrogens with zero attached hydrogens (tertiary/aromatic N) is 1. The van der Waals surface area contributed by atoms with Crippen LogP contribution in [0.5, 0.6) is 0 Å². The van der Waals surface area contributed by atoms with E-state index in [1.807, 2.05) is 48.5 Å². The Morgan fingerprint density at radius 1 is 0.950 bits per heavy atom. The van der Waals surface area contributed by atoms with E-state index in [1.54, 1.807) is 6.20 Å². The van der Waals surface area contributed by atoms with Crippen LogP contribution in [0.2, 0.25) is 10.0 Å². The van der Waals surface area contributed by atoms with E-state index in [-0.39, 0.29) is 0 Å². The number of nitrogens with one attached hydrogen (secondary N) is 1. The molecule has 0 aliphatic rings.